The Balaban J connectivity index is 2.07. The van der Waals surface area contributed by atoms with Crippen molar-refractivity contribution in [3.8, 4) is 5.75 Å². The minimum Gasteiger partial charge on any atom is -0.507 e. The van der Waals surface area contributed by atoms with E-state index in [0.29, 0.717) is 11.5 Å². The minimum absolute atomic E-state index is 0.139. The van der Waals surface area contributed by atoms with Gasteiger partial charge in [-0.15, -0.1) is 0 Å². The fourth-order valence-corrected chi connectivity index (χ4v) is 2.00. The van der Waals surface area contributed by atoms with E-state index >= 15 is 0 Å². The first-order valence-electron chi connectivity index (χ1n) is 7.29. The van der Waals surface area contributed by atoms with Gasteiger partial charge in [-0.3, -0.25) is 14.9 Å². The topological polar surface area (TPSA) is 105 Å². The maximum Gasteiger partial charge on any atom is 0.271 e. The molecule has 7 nitrogen and oxygen atoms in total. The molecule has 0 atom stereocenters. The van der Waals surface area contributed by atoms with Gasteiger partial charge in [-0.1, -0.05) is 26.0 Å². The van der Waals surface area contributed by atoms with Crippen LogP contribution in [0.5, 0.6) is 5.75 Å². The number of hydrazone groups is 1. The molecule has 0 bridgehead atoms. The number of phenolic OH excluding ortho intramolecular Hbond substituents is 1. The molecule has 2 N–H and O–H groups in total. The van der Waals surface area contributed by atoms with Crippen molar-refractivity contribution in [3.63, 3.8) is 0 Å². The van der Waals surface area contributed by atoms with Gasteiger partial charge >= 0.3 is 0 Å². The summed E-state index contributed by atoms with van der Waals surface area (Å²) >= 11 is 0. The van der Waals surface area contributed by atoms with Gasteiger partial charge in [-0.2, -0.15) is 5.10 Å². The predicted octanol–water partition coefficient (Wildman–Crippen LogP) is 3.19. The van der Waals surface area contributed by atoms with Crippen LogP contribution in [0.15, 0.2) is 47.6 Å². The van der Waals surface area contributed by atoms with Crippen LogP contribution >= 0.6 is 0 Å². The van der Waals surface area contributed by atoms with Crippen molar-refractivity contribution >= 4 is 17.8 Å². The van der Waals surface area contributed by atoms with Gasteiger partial charge in [0, 0.05) is 23.3 Å². The number of aromatic hydroxyl groups is 1. The molecule has 0 aromatic heterocycles. The van der Waals surface area contributed by atoms with Crippen LogP contribution in [0, 0.1) is 10.1 Å². The zero-order valence-electron chi connectivity index (χ0n) is 13.3. The van der Waals surface area contributed by atoms with Crippen molar-refractivity contribution in [1.82, 2.24) is 5.43 Å². The van der Waals surface area contributed by atoms with Gasteiger partial charge in [0.25, 0.3) is 11.6 Å². The Hall–Kier alpha value is -3.22. The number of amides is 1. The lowest BCUT2D eigenvalue weighted by Gasteiger charge is -2.06. The average molecular weight is 327 g/mol. The van der Waals surface area contributed by atoms with Crippen LogP contribution in [0.3, 0.4) is 0 Å². The van der Waals surface area contributed by atoms with Crippen molar-refractivity contribution in [2.24, 2.45) is 5.10 Å². The summed E-state index contributed by atoms with van der Waals surface area (Å²) in [5.74, 6) is -0.205. The van der Waals surface area contributed by atoms with Crippen LogP contribution in [0.1, 0.15) is 41.3 Å². The Morgan fingerprint density at radius 2 is 1.92 bits per heavy atom. The lowest BCUT2D eigenvalue weighted by atomic mass is 10.0. The quantitative estimate of drug-likeness (QED) is 0.500. The number of hydrogen-bond donors (Lipinski definition) is 2. The molecule has 0 unspecified atom stereocenters. The summed E-state index contributed by atoms with van der Waals surface area (Å²) in [6.07, 6.45) is 1.16. The number of nitrogens with zero attached hydrogens (tertiary/aromatic N) is 2. The fourth-order valence-electron chi connectivity index (χ4n) is 2.00. The number of carbonyl (C=O) groups is 1. The van der Waals surface area contributed by atoms with Crippen molar-refractivity contribution < 1.29 is 14.8 Å². The molecule has 0 aliphatic carbocycles. The standard InChI is InChI=1S/C17H17N3O4/c1-11(2)12-3-5-13(6-4-12)17(22)19-18-10-14-9-15(20(23)24)7-8-16(14)21/h3-11,21H,1-2H3,(H,19,22). The van der Waals surface area contributed by atoms with Gasteiger partial charge < -0.3 is 5.11 Å². The molecule has 0 aliphatic heterocycles. The van der Waals surface area contributed by atoms with E-state index in [2.05, 4.69) is 24.4 Å². The molecule has 0 heterocycles. The predicted molar refractivity (Wildman–Crippen MR) is 90.4 cm³/mol. The Kier molecular flexibility index (Phi) is 5.26. The minimum atomic E-state index is -0.578. The molecule has 2 rings (SSSR count). The van der Waals surface area contributed by atoms with Gasteiger partial charge in [0.2, 0.25) is 0 Å². The van der Waals surface area contributed by atoms with Crippen molar-refractivity contribution in [2.45, 2.75) is 19.8 Å². The first-order chi connectivity index (χ1) is 11.4. The summed E-state index contributed by atoms with van der Waals surface area (Å²) in [6, 6.07) is 10.7. The molecule has 2 aromatic carbocycles. The lowest BCUT2D eigenvalue weighted by molar-refractivity contribution is -0.384. The maximum atomic E-state index is 12.0. The molecule has 7 heteroatoms. The van der Waals surface area contributed by atoms with Crippen LogP contribution in [-0.2, 0) is 0 Å². The van der Waals surface area contributed by atoms with Crippen molar-refractivity contribution in [3.05, 3.63) is 69.3 Å². The molecule has 2 aromatic rings. The van der Waals surface area contributed by atoms with Gasteiger partial charge in [-0.25, -0.2) is 5.43 Å². The Morgan fingerprint density at radius 1 is 1.25 bits per heavy atom. The molecule has 0 saturated carbocycles. The van der Waals surface area contributed by atoms with Crippen molar-refractivity contribution in [2.75, 3.05) is 0 Å². The average Bonchev–Trinajstić information content (AvgIpc) is 2.56. The monoisotopic (exact) mass is 327 g/mol. The summed E-state index contributed by atoms with van der Waals surface area (Å²) in [5.41, 5.74) is 3.85. The van der Waals surface area contributed by atoms with Gasteiger partial charge in [-0.05, 0) is 29.7 Å². The number of hydrogen-bond acceptors (Lipinski definition) is 5. The van der Waals surface area contributed by atoms with Crippen LogP contribution in [-0.4, -0.2) is 22.2 Å². The number of carbonyl (C=O) groups excluding carboxylic acids is 1. The summed E-state index contributed by atoms with van der Waals surface area (Å²) in [4.78, 5) is 22.1. The van der Waals surface area contributed by atoms with Crippen LogP contribution in [0.4, 0.5) is 5.69 Å². The van der Waals surface area contributed by atoms with E-state index in [1.54, 1.807) is 12.1 Å². The summed E-state index contributed by atoms with van der Waals surface area (Å²) in [7, 11) is 0. The largest absolute Gasteiger partial charge is 0.507 e. The highest BCUT2D eigenvalue weighted by Gasteiger charge is 2.09. The number of nitro benzene ring substituents is 1. The number of nitrogens with one attached hydrogen (secondary N) is 1. The fraction of sp³-hybridized carbons (Fsp3) is 0.176. The Labute approximate surface area is 138 Å². The second kappa shape index (κ2) is 7.36. The van der Waals surface area contributed by atoms with E-state index in [9.17, 15) is 20.0 Å². The van der Waals surface area contributed by atoms with Crippen LogP contribution < -0.4 is 5.43 Å². The Morgan fingerprint density at radius 3 is 2.50 bits per heavy atom. The molecule has 0 saturated heterocycles. The molecular weight excluding hydrogens is 310 g/mol. The lowest BCUT2D eigenvalue weighted by Crippen LogP contribution is -2.17. The third-order valence-electron chi connectivity index (χ3n) is 3.43. The van der Waals surface area contributed by atoms with Gasteiger partial charge in [0.05, 0.1) is 11.1 Å². The highest BCUT2D eigenvalue weighted by molar-refractivity contribution is 5.95. The Bertz CT molecular complexity index is 783. The SMILES string of the molecule is CC(C)c1ccc(C(=O)NN=Cc2cc([N+](=O)[O-])ccc2O)cc1. The van der Waals surface area contributed by atoms with Crippen LogP contribution in [0.25, 0.3) is 0 Å². The van der Waals surface area contributed by atoms with E-state index in [1.807, 2.05) is 12.1 Å². The smallest absolute Gasteiger partial charge is 0.271 e. The third-order valence-corrected chi connectivity index (χ3v) is 3.43. The molecule has 124 valence electrons. The van der Waals surface area contributed by atoms with E-state index < -0.39 is 10.8 Å². The van der Waals surface area contributed by atoms with E-state index in [-0.39, 0.29) is 17.0 Å². The first kappa shape index (κ1) is 17.1. The second-order valence-corrected chi connectivity index (χ2v) is 5.48. The highest BCUT2D eigenvalue weighted by atomic mass is 16.6. The summed E-state index contributed by atoms with van der Waals surface area (Å²) in [6.45, 7) is 4.12. The summed E-state index contributed by atoms with van der Waals surface area (Å²) < 4.78 is 0. The number of phenols is 1. The zero-order valence-corrected chi connectivity index (χ0v) is 13.3. The van der Waals surface area contributed by atoms with Crippen LogP contribution in [0.2, 0.25) is 0 Å². The summed E-state index contributed by atoms with van der Waals surface area (Å²) in [5, 5.41) is 24.1. The molecule has 1 amide bonds. The first-order valence-corrected chi connectivity index (χ1v) is 7.29. The molecular formula is C17H17N3O4. The van der Waals surface area contributed by atoms with Gasteiger partial charge in [0.15, 0.2) is 0 Å². The molecule has 24 heavy (non-hydrogen) atoms. The normalized spacial score (nSPS) is 11.0. The molecule has 0 aliphatic rings. The number of benzene rings is 2. The molecule has 0 radical (unpaired) electrons. The van der Waals surface area contributed by atoms with Crippen molar-refractivity contribution in [1.29, 1.82) is 0 Å². The highest BCUT2D eigenvalue weighted by Crippen LogP contribution is 2.21. The van der Waals surface area contributed by atoms with Gasteiger partial charge in [0.1, 0.15) is 5.75 Å². The number of nitro groups is 1. The second-order valence-electron chi connectivity index (χ2n) is 5.48. The van der Waals surface area contributed by atoms with E-state index in [4.69, 9.17) is 0 Å². The van der Waals surface area contributed by atoms with E-state index in [0.717, 1.165) is 11.8 Å². The zero-order chi connectivity index (χ0) is 17.7. The maximum absolute atomic E-state index is 12.0. The third kappa shape index (κ3) is 4.16. The molecule has 0 fully saturated rings. The number of non-ortho nitro benzene ring substituents is 1. The molecule has 0 spiro atoms. The number of rotatable bonds is 5. The van der Waals surface area contributed by atoms with E-state index in [1.165, 1.54) is 18.2 Å².